The first-order chi connectivity index (χ1) is 17.5. The number of aryl methyl sites for hydroxylation is 1. The van der Waals surface area contributed by atoms with Crippen LogP contribution >= 0.6 is 33.9 Å². The molecule has 0 aromatic carbocycles. The zero-order valence-electron chi connectivity index (χ0n) is 21.3. The number of hydrogen-bond donors (Lipinski definition) is 2. The highest BCUT2D eigenvalue weighted by atomic mass is 127. The normalized spacial score (nSPS) is 24.2. The predicted molar refractivity (Wildman–Crippen MR) is 155 cm³/mol. The Morgan fingerprint density at radius 3 is 2.53 bits per heavy atom. The van der Waals surface area contributed by atoms with E-state index in [2.05, 4.69) is 38.9 Å². The first-order valence-electron chi connectivity index (χ1n) is 13.8. The van der Waals surface area contributed by atoms with Crippen molar-refractivity contribution in [2.75, 3.05) is 30.6 Å². The fourth-order valence-corrected chi connectivity index (χ4v) is 8.22. The zero-order chi connectivity index (χ0) is 25.1. The zero-order valence-corrected chi connectivity index (χ0v) is 24.2. The number of alkyl halides is 1. The molecular formula is C27H40IN5O2S. The number of carbonyl (C=O) groups excluding carboxylic acids is 2. The van der Waals surface area contributed by atoms with Gasteiger partial charge in [-0.2, -0.15) is 0 Å². The molecule has 198 valence electrons. The second-order valence-corrected chi connectivity index (χ2v) is 13.1. The first-order valence-corrected chi connectivity index (χ1v) is 16.2. The molecule has 7 nitrogen and oxygen atoms in total. The standard InChI is InChI=1S/C27H40IN5O2S/c28-12-11-21-17-22-24(36-21)18-23-25(34)33(16-8-15-31-13-6-3-7-14-31)27(29,19-32(22)23)26(35)30-20-9-4-1-2-5-10-20/h17-18,20H,1-16,19,29H2,(H,30,35). The van der Waals surface area contributed by atoms with Crippen LogP contribution in [0.5, 0.6) is 0 Å². The third-order valence-electron chi connectivity index (χ3n) is 8.21. The van der Waals surface area contributed by atoms with E-state index in [0.717, 1.165) is 72.8 Å². The van der Waals surface area contributed by atoms with Gasteiger partial charge in [0.05, 0.1) is 16.8 Å². The molecule has 1 saturated heterocycles. The number of carbonyl (C=O) groups is 2. The van der Waals surface area contributed by atoms with Gasteiger partial charge in [-0.25, -0.2) is 0 Å². The number of aromatic nitrogens is 1. The van der Waals surface area contributed by atoms with Crippen LogP contribution in [0, 0.1) is 0 Å². The molecule has 2 fully saturated rings. The molecule has 3 aliphatic rings. The highest BCUT2D eigenvalue weighted by Gasteiger charge is 2.49. The molecular weight excluding hydrogens is 585 g/mol. The maximum atomic E-state index is 13.9. The summed E-state index contributed by atoms with van der Waals surface area (Å²) in [6.07, 6.45) is 12.4. The van der Waals surface area contributed by atoms with Gasteiger partial charge in [0.1, 0.15) is 5.69 Å². The molecule has 2 aromatic rings. The molecule has 4 heterocycles. The fraction of sp³-hybridized carbons (Fsp3) is 0.704. The van der Waals surface area contributed by atoms with Crippen LogP contribution in [-0.2, 0) is 17.8 Å². The summed E-state index contributed by atoms with van der Waals surface area (Å²) in [6.45, 7) is 4.01. The number of nitrogens with two attached hydrogens (primary N) is 1. The van der Waals surface area contributed by atoms with Crippen molar-refractivity contribution in [3.8, 4) is 0 Å². The van der Waals surface area contributed by atoms with Gasteiger partial charge in [0, 0.05) is 21.9 Å². The average Bonchev–Trinajstić information content (AvgIpc) is 3.30. The topological polar surface area (TPSA) is 83.6 Å². The van der Waals surface area contributed by atoms with Crippen LogP contribution in [-0.4, -0.2) is 68.5 Å². The van der Waals surface area contributed by atoms with Crippen molar-refractivity contribution in [1.82, 2.24) is 19.7 Å². The van der Waals surface area contributed by atoms with Gasteiger partial charge in [0.25, 0.3) is 11.8 Å². The lowest BCUT2D eigenvalue weighted by Gasteiger charge is -2.44. The van der Waals surface area contributed by atoms with Gasteiger partial charge in [0.15, 0.2) is 5.66 Å². The average molecular weight is 626 g/mol. The number of piperidine rings is 1. The predicted octanol–water partition coefficient (Wildman–Crippen LogP) is 4.51. The summed E-state index contributed by atoms with van der Waals surface area (Å²) in [7, 11) is 0. The van der Waals surface area contributed by atoms with Gasteiger partial charge >= 0.3 is 0 Å². The minimum absolute atomic E-state index is 0.114. The highest BCUT2D eigenvalue weighted by molar-refractivity contribution is 14.1. The van der Waals surface area contributed by atoms with Gasteiger partial charge in [-0.15, -0.1) is 11.3 Å². The third kappa shape index (κ3) is 5.49. The van der Waals surface area contributed by atoms with Crippen LogP contribution in [0.25, 0.3) is 10.2 Å². The lowest BCUT2D eigenvalue weighted by Crippen LogP contribution is -2.71. The molecule has 5 rings (SSSR count). The van der Waals surface area contributed by atoms with Crippen molar-refractivity contribution in [3.63, 3.8) is 0 Å². The molecule has 2 aromatic heterocycles. The van der Waals surface area contributed by atoms with Crippen molar-refractivity contribution < 1.29 is 9.59 Å². The fourth-order valence-electron chi connectivity index (χ4n) is 6.17. The van der Waals surface area contributed by atoms with E-state index in [4.69, 9.17) is 5.73 Å². The number of halogens is 1. The number of fused-ring (bicyclic) bond motifs is 3. The van der Waals surface area contributed by atoms with E-state index >= 15 is 0 Å². The third-order valence-corrected chi connectivity index (χ3v) is 9.89. The summed E-state index contributed by atoms with van der Waals surface area (Å²) in [5, 5.41) is 3.28. The Bertz CT molecular complexity index is 1070. The van der Waals surface area contributed by atoms with Crippen molar-refractivity contribution in [2.24, 2.45) is 5.73 Å². The van der Waals surface area contributed by atoms with Crippen molar-refractivity contribution in [2.45, 2.75) is 88.9 Å². The van der Waals surface area contributed by atoms with Crippen LogP contribution in [0.3, 0.4) is 0 Å². The molecule has 0 radical (unpaired) electrons. The molecule has 1 unspecified atom stereocenters. The quantitative estimate of drug-likeness (QED) is 0.257. The van der Waals surface area contributed by atoms with Gasteiger partial charge in [0.2, 0.25) is 0 Å². The number of nitrogens with zero attached hydrogens (tertiary/aromatic N) is 3. The second kappa shape index (κ2) is 11.7. The van der Waals surface area contributed by atoms with Gasteiger partial charge in [-0.1, -0.05) is 54.7 Å². The Labute approximate surface area is 232 Å². The molecule has 0 spiro atoms. The molecule has 0 bridgehead atoms. The van der Waals surface area contributed by atoms with Crippen LogP contribution in [0.2, 0.25) is 0 Å². The Kier molecular flexibility index (Phi) is 8.59. The summed E-state index contributed by atoms with van der Waals surface area (Å²) in [5.74, 6) is -0.312. The maximum Gasteiger partial charge on any atom is 0.272 e. The number of nitrogens with one attached hydrogen (secondary N) is 1. The lowest BCUT2D eigenvalue weighted by atomic mass is 10.0. The summed E-state index contributed by atoms with van der Waals surface area (Å²) in [6, 6.07) is 4.35. The van der Waals surface area contributed by atoms with E-state index in [-0.39, 0.29) is 17.9 Å². The first kappa shape index (κ1) is 26.4. The number of hydrogen-bond acceptors (Lipinski definition) is 5. The minimum atomic E-state index is -1.38. The highest BCUT2D eigenvalue weighted by Crippen LogP contribution is 2.35. The van der Waals surface area contributed by atoms with Gasteiger partial charge in [-0.3, -0.25) is 15.3 Å². The molecule has 1 aliphatic carbocycles. The monoisotopic (exact) mass is 625 g/mol. The largest absolute Gasteiger partial charge is 0.350 e. The molecule has 2 amide bonds. The Morgan fingerprint density at radius 1 is 1.08 bits per heavy atom. The SMILES string of the molecule is NC1(C(=O)NC2CCCCCC2)Cn2c(cc3sc(CCI)cc32)C(=O)N1CCCN1CCCCC1. The number of likely N-dealkylation sites (tertiary alicyclic amines) is 1. The van der Waals surface area contributed by atoms with Crippen LogP contribution in [0.15, 0.2) is 12.1 Å². The smallest absolute Gasteiger partial charge is 0.272 e. The summed E-state index contributed by atoms with van der Waals surface area (Å²) in [5.41, 5.74) is 7.33. The second-order valence-electron chi connectivity index (χ2n) is 10.8. The van der Waals surface area contributed by atoms with E-state index in [1.165, 1.54) is 37.0 Å². The van der Waals surface area contributed by atoms with E-state index in [1.54, 1.807) is 16.2 Å². The maximum absolute atomic E-state index is 13.9. The number of thiophene rings is 1. The summed E-state index contributed by atoms with van der Waals surface area (Å²) < 4.78 is 4.18. The molecule has 36 heavy (non-hydrogen) atoms. The van der Waals surface area contributed by atoms with Crippen molar-refractivity contribution in [1.29, 1.82) is 0 Å². The molecule has 9 heteroatoms. The van der Waals surface area contributed by atoms with Crippen molar-refractivity contribution >= 4 is 56.0 Å². The van der Waals surface area contributed by atoms with Crippen molar-refractivity contribution in [3.05, 3.63) is 22.7 Å². The van der Waals surface area contributed by atoms with Gasteiger partial charge in [-0.05, 0) is 70.3 Å². The Morgan fingerprint density at radius 2 is 1.81 bits per heavy atom. The van der Waals surface area contributed by atoms with E-state index in [1.807, 2.05) is 10.6 Å². The molecule has 1 atom stereocenters. The Hall–Kier alpha value is -1.17. The Balaban J connectivity index is 1.40. The van der Waals surface area contributed by atoms with E-state index < -0.39 is 5.66 Å². The van der Waals surface area contributed by atoms with Crippen LogP contribution in [0.4, 0.5) is 0 Å². The summed E-state index contributed by atoms with van der Waals surface area (Å²) >= 11 is 4.15. The van der Waals surface area contributed by atoms with Crippen LogP contribution in [0.1, 0.15) is 79.6 Å². The van der Waals surface area contributed by atoms with E-state index in [0.29, 0.717) is 18.8 Å². The number of amides is 2. The number of rotatable bonds is 8. The van der Waals surface area contributed by atoms with Crippen LogP contribution < -0.4 is 11.1 Å². The molecule has 1 saturated carbocycles. The molecule has 3 N–H and O–H groups in total. The minimum Gasteiger partial charge on any atom is -0.350 e. The molecule has 2 aliphatic heterocycles. The van der Waals surface area contributed by atoms with E-state index in [9.17, 15) is 9.59 Å². The lowest BCUT2D eigenvalue weighted by molar-refractivity contribution is -0.134. The summed E-state index contributed by atoms with van der Waals surface area (Å²) in [4.78, 5) is 33.2. The van der Waals surface area contributed by atoms with Gasteiger partial charge < -0.3 is 19.7 Å².